The maximum atomic E-state index is 11.9. The van der Waals surface area contributed by atoms with E-state index in [2.05, 4.69) is 19.6 Å². The van der Waals surface area contributed by atoms with E-state index in [0.29, 0.717) is 27.2 Å². The Labute approximate surface area is 196 Å². The van der Waals surface area contributed by atoms with Gasteiger partial charge in [-0.05, 0) is 42.4 Å². The van der Waals surface area contributed by atoms with Crippen molar-refractivity contribution in [1.29, 1.82) is 0 Å². The lowest BCUT2D eigenvalue weighted by Gasteiger charge is -2.16. The summed E-state index contributed by atoms with van der Waals surface area (Å²) >= 11 is 20.1. The van der Waals surface area contributed by atoms with Crippen LogP contribution >= 0.6 is 46.6 Å². The Morgan fingerprint density at radius 1 is 1.07 bits per heavy atom. The van der Waals surface area contributed by atoms with Gasteiger partial charge in [0, 0.05) is 39.9 Å². The number of aromatic nitrogens is 1. The normalized spacial score (nSPS) is 11.9. The number of halogens is 3. The predicted molar refractivity (Wildman–Crippen MR) is 129 cm³/mol. The molecule has 0 bridgehead atoms. The van der Waals surface area contributed by atoms with Crippen LogP contribution in [0, 0.1) is 0 Å². The quantitative estimate of drug-likeness (QED) is 0.252. The van der Waals surface area contributed by atoms with E-state index >= 15 is 0 Å². The lowest BCUT2D eigenvalue weighted by Crippen LogP contribution is -2.22. The molecule has 9 heteroatoms. The first kappa shape index (κ1) is 23.5. The molecule has 3 rings (SSSR count). The third kappa shape index (κ3) is 5.75. The van der Waals surface area contributed by atoms with Gasteiger partial charge < -0.3 is 14.4 Å². The fraction of sp³-hybridized carbons (Fsp3) is 0.286. The van der Waals surface area contributed by atoms with E-state index in [4.69, 9.17) is 39.5 Å². The van der Waals surface area contributed by atoms with Gasteiger partial charge in [0.2, 0.25) is 0 Å². The Morgan fingerprint density at radius 3 is 2.43 bits per heavy atom. The smallest absolute Gasteiger partial charge is 0.352 e. The van der Waals surface area contributed by atoms with E-state index in [9.17, 15) is 9.90 Å². The Hall–Kier alpha value is -1.15. The molecule has 4 nitrogen and oxygen atoms in total. The number of hydrogen-bond acceptors (Lipinski definition) is 3. The molecule has 2 aromatic carbocycles. The van der Waals surface area contributed by atoms with Crippen LogP contribution < -0.4 is 0 Å². The summed E-state index contributed by atoms with van der Waals surface area (Å²) in [4.78, 5) is 13.5. The third-order valence-corrected chi connectivity index (χ3v) is 8.21. The number of hydrogen-bond donors (Lipinski definition) is 1. The van der Waals surface area contributed by atoms with Gasteiger partial charge in [-0.2, -0.15) is 0 Å². The standard InChI is InChI=1S/C21H22Cl3NO3SSi/c1-30(2,3)7-6-28-12-25-17-9-14(23)10-20(15(17)11-18(25)21(26)27)29-19-5-4-13(22)8-16(19)24/h4-5,8-11H,6-7,12H2,1-3H3,(H,26,27). The van der Waals surface area contributed by atoms with Gasteiger partial charge >= 0.3 is 5.97 Å². The molecule has 0 fully saturated rings. The summed E-state index contributed by atoms with van der Waals surface area (Å²) in [5.74, 6) is -1.02. The summed E-state index contributed by atoms with van der Waals surface area (Å²) in [5, 5.41) is 12.1. The van der Waals surface area contributed by atoms with E-state index < -0.39 is 14.0 Å². The first-order chi connectivity index (χ1) is 14.0. The van der Waals surface area contributed by atoms with Crippen molar-refractivity contribution in [2.24, 2.45) is 0 Å². The van der Waals surface area contributed by atoms with Crippen LogP contribution in [0.15, 0.2) is 46.2 Å². The molecule has 0 aliphatic heterocycles. The fourth-order valence-electron chi connectivity index (χ4n) is 2.90. The zero-order valence-corrected chi connectivity index (χ0v) is 20.9. The van der Waals surface area contributed by atoms with E-state index in [-0.39, 0.29) is 12.4 Å². The molecule has 0 saturated heterocycles. The third-order valence-electron chi connectivity index (χ3n) is 4.50. The second-order valence-corrected chi connectivity index (χ2v) is 16.1. The molecule has 1 heterocycles. The summed E-state index contributed by atoms with van der Waals surface area (Å²) in [5.41, 5.74) is 0.866. The minimum absolute atomic E-state index is 0.155. The van der Waals surface area contributed by atoms with Crippen molar-refractivity contribution in [2.75, 3.05) is 6.61 Å². The van der Waals surface area contributed by atoms with Gasteiger partial charge in [0.25, 0.3) is 0 Å². The summed E-state index contributed by atoms with van der Waals surface area (Å²) < 4.78 is 7.49. The SMILES string of the molecule is C[Si](C)(C)CCOCn1c(C(=O)O)cc2c(Sc3ccc(Cl)cc3Cl)cc(Cl)cc21. The van der Waals surface area contributed by atoms with Crippen LogP contribution in [-0.4, -0.2) is 30.3 Å². The highest BCUT2D eigenvalue weighted by Crippen LogP contribution is 2.40. The minimum Gasteiger partial charge on any atom is -0.477 e. The summed E-state index contributed by atoms with van der Waals surface area (Å²) in [6.07, 6.45) is 0. The molecule has 1 N–H and O–H groups in total. The molecular formula is C21H22Cl3NO3SSi. The van der Waals surface area contributed by atoms with Gasteiger partial charge in [-0.1, -0.05) is 66.2 Å². The highest BCUT2D eigenvalue weighted by atomic mass is 35.5. The number of ether oxygens (including phenoxy) is 1. The molecule has 0 spiro atoms. The Bertz CT molecular complexity index is 1100. The predicted octanol–water partition coefficient (Wildman–Crippen LogP) is 7.76. The Kier molecular flexibility index (Phi) is 7.48. The first-order valence-electron chi connectivity index (χ1n) is 9.32. The number of nitrogens with zero attached hydrogens (tertiary/aromatic N) is 1. The van der Waals surface area contributed by atoms with Gasteiger partial charge in [0.1, 0.15) is 12.4 Å². The lowest BCUT2D eigenvalue weighted by molar-refractivity contribution is 0.0630. The molecule has 30 heavy (non-hydrogen) atoms. The van der Waals surface area contributed by atoms with Crippen LogP contribution in [0.2, 0.25) is 40.8 Å². The van der Waals surface area contributed by atoms with Crippen molar-refractivity contribution in [3.05, 3.63) is 57.2 Å². The number of carboxylic acids is 1. The van der Waals surface area contributed by atoms with E-state index in [1.54, 1.807) is 28.8 Å². The molecular weight excluding hydrogens is 481 g/mol. The molecule has 0 atom stereocenters. The number of rotatable bonds is 8. The molecule has 0 unspecified atom stereocenters. The maximum Gasteiger partial charge on any atom is 0.352 e. The van der Waals surface area contributed by atoms with Crippen molar-refractivity contribution < 1.29 is 14.6 Å². The second kappa shape index (κ2) is 9.55. The van der Waals surface area contributed by atoms with Crippen molar-refractivity contribution in [1.82, 2.24) is 4.57 Å². The largest absolute Gasteiger partial charge is 0.477 e. The Balaban J connectivity index is 1.98. The van der Waals surface area contributed by atoms with Crippen LogP contribution in [0.1, 0.15) is 10.5 Å². The van der Waals surface area contributed by atoms with Crippen molar-refractivity contribution in [2.45, 2.75) is 42.2 Å². The van der Waals surface area contributed by atoms with Gasteiger partial charge in [0.05, 0.1) is 10.5 Å². The molecule has 160 valence electrons. The fourth-order valence-corrected chi connectivity index (χ4v) is 5.45. The van der Waals surface area contributed by atoms with Crippen molar-refractivity contribution in [3.8, 4) is 0 Å². The molecule has 0 saturated carbocycles. The lowest BCUT2D eigenvalue weighted by atomic mass is 10.2. The maximum absolute atomic E-state index is 11.9. The summed E-state index contributed by atoms with van der Waals surface area (Å²) in [6.45, 7) is 7.57. The van der Waals surface area contributed by atoms with Crippen LogP contribution in [0.5, 0.6) is 0 Å². The van der Waals surface area contributed by atoms with Gasteiger partial charge in [-0.3, -0.25) is 0 Å². The number of carboxylic acid groups (broad SMARTS) is 1. The van der Waals surface area contributed by atoms with Crippen LogP contribution in [0.3, 0.4) is 0 Å². The highest BCUT2D eigenvalue weighted by Gasteiger charge is 2.19. The van der Waals surface area contributed by atoms with Gasteiger partial charge in [0.15, 0.2) is 0 Å². The topological polar surface area (TPSA) is 51.5 Å². The Morgan fingerprint density at radius 2 is 1.80 bits per heavy atom. The van der Waals surface area contributed by atoms with E-state index in [1.807, 2.05) is 12.1 Å². The molecule has 0 aliphatic carbocycles. The molecule has 0 aliphatic rings. The van der Waals surface area contributed by atoms with Gasteiger partial charge in [-0.15, -0.1) is 0 Å². The molecule has 0 amide bonds. The van der Waals surface area contributed by atoms with Crippen LogP contribution in [0.4, 0.5) is 0 Å². The van der Waals surface area contributed by atoms with Crippen LogP contribution in [-0.2, 0) is 11.5 Å². The highest BCUT2D eigenvalue weighted by molar-refractivity contribution is 7.99. The van der Waals surface area contributed by atoms with Crippen molar-refractivity contribution in [3.63, 3.8) is 0 Å². The summed E-state index contributed by atoms with van der Waals surface area (Å²) in [6, 6.07) is 11.5. The number of fused-ring (bicyclic) bond motifs is 1. The van der Waals surface area contributed by atoms with E-state index in [0.717, 1.165) is 21.2 Å². The van der Waals surface area contributed by atoms with E-state index in [1.165, 1.54) is 11.8 Å². The molecule has 3 aromatic rings. The number of aromatic carboxylic acids is 1. The summed E-state index contributed by atoms with van der Waals surface area (Å²) in [7, 11) is -1.24. The monoisotopic (exact) mass is 501 g/mol. The number of benzene rings is 2. The second-order valence-electron chi connectivity index (χ2n) is 8.12. The zero-order valence-electron chi connectivity index (χ0n) is 16.8. The molecule has 0 radical (unpaired) electrons. The van der Waals surface area contributed by atoms with Gasteiger partial charge in [-0.25, -0.2) is 4.79 Å². The average molecular weight is 503 g/mol. The molecule has 1 aromatic heterocycles. The average Bonchev–Trinajstić information content (AvgIpc) is 2.99. The van der Waals surface area contributed by atoms with Crippen LogP contribution in [0.25, 0.3) is 10.9 Å². The first-order valence-corrected chi connectivity index (χ1v) is 15.0. The zero-order chi connectivity index (χ0) is 22.1. The minimum atomic E-state index is -1.24. The number of carbonyl (C=O) groups is 1. The van der Waals surface area contributed by atoms with Crippen molar-refractivity contribution >= 4 is 71.5 Å².